The molecular weight excluding hydrogens is 327 g/mol. The first kappa shape index (κ1) is 15.3. The van der Waals surface area contributed by atoms with E-state index in [1.165, 1.54) is 29.7 Å². The predicted molar refractivity (Wildman–Crippen MR) is 93.7 cm³/mol. The minimum Gasteiger partial charge on any atom is -0.494 e. The van der Waals surface area contributed by atoms with Gasteiger partial charge < -0.3 is 15.0 Å². The normalized spacial score (nSPS) is 14.6. The van der Waals surface area contributed by atoms with Crippen LogP contribution in [-0.2, 0) is 13.0 Å². The molecule has 0 spiro atoms. The van der Waals surface area contributed by atoms with E-state index in [0.29, 0.717) is 11.4 Å². The van der Waals surface area contributed by atoms with Gasteiger partial charge in [0.1, 0.15) is 28.5 Å². The Morgan fingerprint density at radius 3 is 3.04 bits per heavy atom. The summed E-state index contributed by atoms with van der Waals surface area (Å²) in [5, 5.41) is 4.36. The molecule has 1 aliphatic rings. The Bertz CT molecular complexity index is 911. The number of nitrogens with one attached hydrogen (secondary N) is 1. The summed E-state index contributed by atoms with van der Waals surface area (Å²) in [4.78, 5) is 13.5. The van der Waals surface area contributed by atoms with Gasteiger partial charge in [0.15, 0.2) is 0 Å². The zero-order valence-electron chi connectivity index (χ0n) is 13.5. The highest BCUT2D eigenvalue weighted by atomic mass is 32.1. The van der Waals surface area contributed by atoms with Crippen molar-refractivity contribution in [3.8, 4) is 5.75 Å². The Labute approximate surface area is 143 Å². The SMILES string of the molecule is COc1cc(F)ccc1Nc1ncnc2sc3c(c12)CCN(C)C3. The van der Waals surface area contributed by atoms with E-state index in [1.54, 1.807) is 23.7 Å². The van der Waals surface area contributed by atoms with Gasteiger partial charge in [-0.2, -0.15) is 0 Å². The number of benzene rings is 1. The van der Waals surface area contributed by atoms with Gasteiger partial charge in [0.25, 0.3) is 0 Å². The molecule has 0 aliphatic carbocycles. The number of aromatic nitrogens is 2. The second-order valence-electron chi connectivity index (χ2n) is 5.86. The summed E-state index contributed by atoms with van der Waals surface area (Å²) in [6.45, 7) is 1.96. The van der Waals surface area contributed by atoms with Gasteiger partial charge in [-0.1, -0.05) is 0 Å². The molecule has 0 saturated heterocycles. The Morgan fingerprint density at radius 1 is 1.33 bits per heavy atom. The number of fused-ring (bicyclic) bond motifs is 3. The molecule has 1 N–H and O–H groups in total. The first-order valence-electron chi connectivity index (χ1n) is 7.70. The van der Waals surface area contributed by atoms with Crippen molar-refractivity contribution in [2.75, 3.05) is 26.0 Å². The van der Waals surface area contributed by atoms with Gasteiger partial charge in [-0.15, -0.1) is 11.3 Å². The Hall–Kier alpha value is -2.25. The fourth-order valence-electron chi connectivity index (χ4n) is 3.05. The summed E-state index contributed by atoms with van der Waals surface area (Å²) >= 11 is 1.72. The lowest BCUT2D eigenvalue weighted by molar-refractivity contribution is 0.318. The van der Waals surface area contributed by atoms with Crippen molar-refractivity contribution in [3.63, 3.8) is 0 Å². The summed E-state index contributed by atoms with van der Waals surface area (Å²) in [5.41, 5.74) is 2.00. The third-order valence-electron chi connectivity index (χ3n) is 4.24. The van der Waals surface area contributed by atoms with Crippen LogP contribution in [0.5, 0.6) is 5.75 Å². The van der Waals surface area contributed by atoms with Crippen molar-refractivity contribution in [2.24, 2.45) is 0 Å². The molecule has 24 heavy (non-hydrogen) atoms. The number of ether oxygens (including phenoxy) is 1. The van der Waals surface area contributed by atoms with E-state index >= 15 is 0 Å². The highest BCUT2D eigenvalue weighted by molar-refractivity contribution is 7.19. The topological polar surface area (TPSA) is 50.3 Å². The maximum Gasteiger partial charge on any atom is 0.145 e. The summed E-state index contributed by atoms with van der Waals surface area (Å²) in [7, 11) is 3.65. The maximum atomic E-state index is 13.4. The van der Waals surface area contributed by atoms with Crippen molar-refractivity contribution in [3.05, 3.63) is 40.8 Å². The minimum atomic E-state index is -0.332. The first-order valence-corrected chi connectivity index (χ1v) is 8.51. The number of thiophene rings is 1. The quantitative estimate of drug-likeness (QED) is 0.787. The van der Waals surface area contributed by atoms with Crippen molar-refractivity contribution < 1.29 is 9.13 Å². The molecular formula is C17H17FN4OS. The number of anilines is 2. The number of halogens is 1. The molecule has 0 bridgehead atoms. The second kappa shape index (κ2) is 5.99. The Kier molecular flexibility index (Phi) is 3.82. The largest absolute Gasteiger partial charge is 0.494 e. The zero-order chi connectivity index (χ0) is 16.7. The highest BCUT2D eigenvalue weighted by Crippen LogP contribution is 2.38. The standard InChI is InChI=1S/C17H17FN4OS/c1-22-6-5-11-14(8-22)24-17-15(11)16(19-9-20-17)21-12-4-3-10(18)7-13(12)23-2/h3-4,7,9H,5-6,8H2,1-2H3,(H,19,20,21). The van der Waals surface area contributed by atoms with Crippen LogP contribution in [0.1, 0.15) is 10.4 Å². The van der Waals surface area contributed by atoms with E-state index in [9.17, 15) is 4.39 Å². The fourth-order valence-corrected chi connectivity index (χ4v) is 4.31. The van der Waals surface area contributed by atoms with Gasteiger partial charge in [-0.05, 0) is 31.2 Å². The third-order valence-corrected chi connectivity index (χ3v) is 5.37. The molecule has 124 valence electrons. The zero-order valence-corrected chi connectivity index (χ0v) is 14.3. The molecule has 7 heteroatoms. The second-order valence-corrected chi connectivity index (χ2v) is 6.95. The molecule has 0 amide bonds. The predicted octanol–water partition coefficient (Wildman–Crippen LogP) is 3.57. The number of hydrogen-bond donors (Lipinski definition) is 1. The number of likely N-dealkylation sites (N-methyl/N-ethyl adjacent to an activating group) is 1. The smallest absolute Gasteiger partial charge is 0.145 e. The van der Waals surface area contributed by atoms with E-state index in [1.807, 2.05) is 0 Å². The van der Waals surface area contributed by atoms with Gasteiger partial charge in [0.2, 0.25) is 0 Å². The lowest BCUT2D eigenvalue weighted by Gasteiger charge is -2.22. The van der Waals surface area contributed by atoms with Crippen LogP contribution in [-0.4, -0.2) is 35.6 Å². The molecule has 0 unspecified atom stereocenters. The molecule has 1 aliphatic heterocycles. The molecule has 3 aromatic rings. The summed E-state index contributed by atoms with van der Waals surface area (Å²) in [6, 6.07) is 4.43. The molecule has 3 heterocycles. The average Bonchev–Trinajstić information content (AvgIpc) is 2.94. The molecule has 0 fully saturated rings. The van der Waals surface area contributed by atoms with Gasteiger partial charge in [0.05, 0.1) is 18.2 Å². The molecule has 2 aromatic heterocycles. The van der Waals surface area contributed by atoms with E-state index in [4.69, 9.17) is 4.74 Å². The summed E-state index contributed by atoms with van der Waals surface area (Å²) < 4.78 is 18.7. The summed E-state index contributed by atoms with van der Waals surface area (Å²) in [6.07, 6.45) is 2.54. The van der Waals surface area contributed by atoms with E-state index in [-0.39, 0.29) is 5.82 Å². The van der Waals surface area contributed by atoms with Crippen LogP contribution >= 0.6 is 11.3 Å². The van der Waals surface area contributed by atoms with Gasteiger partial charge in [-0.25, -0.2) is 14.4 Å². The van der Waals surface area contributed by atoms with Crippen molar-refractivity contribution in [2.45, 2.75) is 13.0 Å². The highest BCUT2D eigenvalue weighted by Gasteiger charge is 2.22. The monoisotopic (exact) mass is 344 g/mol. The molecule has 1 aromatic carbocycles. The molecule has 0 atom stereocenters. The first-order chi connectivity index (χ1) is 11.7. The number of nitrogens with zero attached hydrogens (tertiary/aromatic N) is 3. The van der Waals surface area contributed by atoms with Gasteiger partial charge in [-0.3, -0.25) is 0 Å². The van der Waals surface area contributed by atoms with Crippen LogP contribution in [0, 0.1) is 5.82 Å². The molecule has 5 nitrogen and oxygen atoms in total. The number of hydrogen-bond acceptors (Lipinski definition) is 6. The molecule has 0 saturated carbocycles. The van der Waals surface area contributed by atoms with E-state index in [0.717, 1.165) is 35.5 Å². The van der Waals surface area contributed by atoms with E-state index in [2.05, 4.69) is 27.2 Å². The van der Waals surface area contributed by atoms with Crippen LogP contribution in [0.2, 0.25) is 0 Å². The minimum absolute atomic E-state index is 0.332. The molecule has 0 radical (unpaired) electrons. The van der Waals surface area contributed by atoms with Crippen LogP contribution in [0.25, 0.3) is 10.2 Å². The lowest BCUT2D eigenvalue weighted by Crippen LogP contribution is -2.25. The fraction of sp³-hybridized carbons (Fsp3) is 0.294. The van der Waals surface area contributed by atoms with Crippen molar-refractivity contribution in [1.29, 1.82) is 0 Å². The van der Waals surface area contributed by atoms with Crippen molar-refractivity contribution in [1.82, 2.24) is 14.9 Å². The summed E-state index contributed by atoms with van der Waals surface area (Å²) in [5.74, 6) is 0.860. The maximum absolute atomic E-state index is 13.4. The van der Waals surface area contributed by atoms with Crippen LogP contribution in [0.4, 0.5) is 15.9 Å². The van der Waals surface area contributed by atoms with Gasteiger partial charge in [0, 0.05) is 24.0 Å². The Balaban J connectivity index is 1.80. The average molecular weight is 344 g/mol. The van der Waals surface area contributed by atoms with Crippen LogP contribution in [0.15, 0.2) is 24.5 Å². The third kappa shape index (κ3) is 2.59. The van der Waals surface area contributed by atoms with Gasteiger partial charge >= 0.3 is 0 Å². The van der Waals surface area contributed by atoms with Crippen molar-refractivity contribution >= 4 is 33.1 Å². The number of rotatable bonds is 3. The van der Waals surface area contributed by atoms with E-state index < -0.39 is 0 Å². The Morgan fingerprint density at radius 2 is 2.21 bits per heavy atom. The molecule has 4 rings (SSSR count). The number of methoxy groups -OCH3 is 1. The van der Waals surface area contributed by atoms with Crippen LogP contribution < -0.4 is 10.1 Å². The lowest BCUT2D eigenvalue weighted by atomic mass is 10.1. The van der Waals surface area contributed by atoms with Crippen LogP contribution in [0.3, 0.4) is 0 Å².